The number of rotatable bonds is 11. The summed E-state index contributed by atoms with van der Waals surface area (Å²) in [6.07, 6.45) is 6.15. The first-order valence-electron chi connectivity index (χ1n) is 19.4. The van der Waals surface area contributed by atoms with Crippen molar-refractivity contribution < 1.29 is 23.2 Å². The van der Waals surface area contributed by atoms with Crippen molar-refractivity contribution in [3.05, 3.63) is 69.8 Å². The highest BCUT2D eigenvalue weighted by Gasteiger charge is 2.32. The number of halogens is 2. The van der Waals surface area contributed by atoms with E-state index in [1.165, 1.54) is 15.3 Å². The Kier molecular flexibility index (Phi) is 13.3. The fraction of sp³-hybridized carbons (Fsp3) is 0.475. The molecule has 0 radical (unpaired) electrons. The monoisotopic (exact) mass is 800 g/mol. The summed E-state index contributed by atoms with van der Waals surface area (Å²) in [6, 6.07) is 4.72. The predicted octanol–water partition coefficient (Wildman–Crippen LogP) is 1.62. The summed E-state index contributed by atoms with van der Waals surface area (Å²) < 4.78 is 30.3. The van der Waals surface area contributed by atoms with E-state index in [9.17, 15) is 28.0 Å². The van der Waals surface area contributed by atoms with Gasteiger partial charge in [-0.3, -0.25) is 39.1 Å². The van der Waals surface area contributed by atoms with E-state index in [1.807, 2.05) is 12.1 Å². The molecular weight excluding hydrogens is 751 g/mol. The number of amides is 3. The van der Waals surface area contributed by atoms with Crippen LogP contribution in [0.1, 0.15) is 50.1 Å². The number of para-hydroxylation sites is 1. The van der Waals surface area contributed by atoms with E-state index in [2.05, 4.69) is 47.9 Å². The number of piperazine rings is 1. The first kappa shape index (κ1) is 41.7. The van der Waals surface area contributed by atoms with E-state index in [1.54, 1.807) is 44.4 Å². The number of aliphatic imine (C=N–C) groups is 1. The lowest BCUT2D eigenvalue weighted by molar-refractivity contribution is -0.135. The maximum Gasteiger partial charge on any atom is 0.329 e. The number of amidine groups is 1. The average Bonchev–Trinajstić information content (AvgIpc) is 3.46. The van der Waals surface area contributed by atoms with E-state index in [0.29, 0.717) is 34.9 Å². The molecule has 16 nitrogen and oxygen atoms in total. The van der Waals surface area contributed by atoms with Crippen molar-refractivity contribution in [2.75, 3.05) is 53.4 Å². The van der Waals surface area contributed by atoms with Gasteiger partial charge in [-0.05, 0) is 56.2 Å². The number of likely N-dealkylation sites (N-methyl/N-ethyl adjacent to an activating group) is 1. The summed E-state index contributed by atoms with van der Waals surface area (Å²) in [7, 11) is 5.21. The van der Waals surface area contributed by atoms with E-state index in [0.717, 1.165) is 64.6 Å². The Morgan fingerprint density at radius 1 is 1.09 bits per heavy atom. The molecule has 3 aliphatic heterocycles. The number of piperidine rings is 1. The molecule has 1 atom stereocenters. The summed E-state index contributed by atoms with van der Waals surface area (Å²) in [5.41, 5.74) is 0.0653. The number of imidazole rings is 1. The molecule has 6 N–H and O–H groups in total. The summed E-state index contributed by atoms with van der Waals surface area (Å²) in [4.78, 5) is 61.4. The topological polar surface area (TPSA) is 196 Å². The van der Waals surface area contributed by atoms with Crippen LogP contribution in [0.3, 0.4) is 0 Å². The molecule has 2 saturated heterocycles. The number of aryl methyl sites for hydroxylation is 1. The van der Waals surface area contributed by atoms with E-state index in [4.69, 9.17) is 10.8 Å². The van der Waals surface area contributed by atoms with Crippen LogP contribution in [0.25, 0.3) is 11.0 Å². The van der Waals surface area contributed by atoms with Gasteiger partial charge in [0.05, 0.1) is 34.4 Å². The molecule has 4 aliphatic rings. The Balaban J connectivity index is 0.979. The fourth-order valence-corrected chi connectivity index (χ4v) is 7.72. The largest absolute Gasteiger partial charge is 0.386 e. The van der Waals surface area contributed by atoms with Gasteiger partial charge >= 0.3 is 5.69 Å². The molecule has 18 heteroatoms. The zero-order chi connectivity index (χ0) is 41.5. The number of carbonyl (C=O) groups is 3. The lowest BCUT2D eigenvalue weighted by Crippen LogP contribution is -2.48. The van der Waals surface area contributed by atoms with Crippen LogP contribution in [-0.4, -0.2) is 125 Å². The number of nitrogens with zero attached hydrogens (tertiary/aromatic N) is 6. The van der Waals surface area contributed by atoms with Gasteiger partial charge in [-0.1, -0.05) is 17.9 Å². The minimum Gasteiger partial charge on any atom is -0.386 e. The number of imide groups is 1. The predicted molar refractivity (Wildman–Crippen MR) is 216 cm³/mol. The SMILES string of the molecule is CN(C)C1=N/C(=C(/C=N)C(=O)N/C(=C/N[C@H]2CC[C@H](CN3CCN(CC#Cc4cccc5c4n(C)c(=O)n5C4CCC(=O)NC4=O)CC3)CC2)C(=N)C(F)F)NC=C1. The van der Waals surface area contributed by atoms with Crippen LogP contribution in [0.5, 0.6) is 0 Å². The normalized spacial score (nSPS) is 22.7. The molecule has 1 aromatic carbocycles. The van der Waals surface area contributed by atoms with Gasteiger partial charge in [0.25, 0.3) is 12.3 Å². The van der Waals surface area contributed by atoms with Gasteiger partial charge in [-0.2, -0.15) is 0 Å². The van der Waals surface area contributed by atoms with Crippen molar-refractivity contribution in [2.45, 2.75) is 57.0 Å². The van der Waals surface area contributed by atoms with Crippen LogP contribution >= 0.6 is 0 Å². The Morgan fingerprint density at radius 3 is 2.48 bits per heavy atom. The molecule has 1 aliphatic carbocycles. The third-order valence-electron chi connectivity index (χ3n) is 11.0. The van der Waals surface area contributed by atoms with Crippen LogP contribution in [0, 0.1) is 28.6 Å². The van der Waals surface area contributed by atoms with Crippen molar-refractivity contribution in [3.8, 4) is 11.8 Å². The molecule has 3 fully saturated rings. The number of carbonyl (C=O) groups excluding carboxylic acids is 3. The highest BCUT2D eigenvalue weighted by Crippen LogP contribution is 2.27. The lowest BCUT2D eigenvalue weighted by atomic mass is 9.85. The number of alkyl halides is 2. The summed E-state index contributed by atoms with van der Waals surface area (Å²) in [5.74, 6) is 5.98. The second kappa shape index (κ2) is 18.6. The molecule has 6 rings (SSSR count). The Morgan fingerprint density at radius 2 is 1.81 bits per heavy atom. The third-order valence-corrected chi connectivity index (χ3v) is 11.0. The van der Waals surface area contributed by atoms with E-state index in [-0.39, 0.29) is 47.6 Å². The van der Waals surface area contributed by atoms with Gasteiger partial charge in [-0.15, -0.1) is 0 Å². The van der Waals surface area contributed by atoms with Crippen LogP contribution in [0.15, 0.2) is 63.6 Å². The Hall–Kier alpha value is -5.93. The smallest absolute Gasteiger partial charge is 0.329 e. The standard InChI is InChI=1S/C40H50F2N12O4/c1-50(2)32-15-16-45-37(48-32)28(22-43)38(56)47-29(34(44)36(41)42)23-46-27-11-9-25(10-12-27)24-53-20-18-52(19-21-53)17-5-7-26-6-4-8-30-35(26)51(3)40(58)54(30)31-13-14-33(55)49-39(31)57/h4,6,8,15-16,22-23,25,27,31,36,43-46H,9-14,17-21,24H2,1-3H3,(H,47,56)(H,49,55,57)/b29-23+,37-28-,43-22?,44-34?/t25-,27-,31?. The molecule has 1 aromatic heterocycles. The summed E-state index contributed by atoms with van der Waals surface area (Å²) in [5, 5.41) is 26.4. The highest BCUT2D eigenvalue weighted by atomic mass is 19.3. The maximum atomic E-state index is 13.7. The van der Waals surface area contributed by atoms with Crippen LogP contribution in [0.4, 0.5) is 8.78 Å². The molecule has 1 unspecified atom stereocenters. The number of nitrogens with one attached hydrogen (secondary N) is 6. The Bertz CT molecular complexity index is 2190. The van der Waals surface area contributed by atoms with Gasteiger partial charge in [0, 0.05) is 84.9 Å². The molecule has 308 valence electrons. The third kappa shape index (κ3) is 9.60. The maximum absolute atomic E-state index is 13.7. The minimum atomic E-state index is -3.11. The van der Waals surface area contributed by atoms with Crippen molar-refractivity contribution in [3.63, 3.8) is 0 Å². The Labute approximate surface area is 335 Å². The molecule has 1 saturated carbocycles. The number of aromatic nitrogens is 2. The lowest BCUT2D eigenvalue weighted by Gasteiger charge is -2.37. The average molecular weight is 801 g/mol. The van der Waals surface area contributed by atoms with Crippen molar-refractivity contribution >= 4 is 46.5 Å². The zero-order valence-electron chi connectivity index (χ0n) is 32.9. The number of fused-ring (bicyclic) bond motifs is 1. The van der Waals surface area contributed by atoms with Crippen LogP contribution in [0.2, 0.25) is 0 Å². The molecule has 4 heterocycles. The zero-order valence-corrected chi connectivity index (χ0v) is 32.9. The first-order chi connectivity index (χ1) is 27.8. The second-order valence-corrected chi connectivity index (χ2v) is 15.1. The highest BCUT2D eigenvalue weighted by molar-refractivity contribution is 6.15. The van der Waals surface area contributed by atoms with E-state index >= 15 is 0 Å². The van der Waals surface area contributed by atoms with Crippen LogP contribution < -0.4 is 27.0 Å². The summed E-state index contributed by atoms with van der Waals surface area (Å²) in [6.45, 7) is 5.07. The van der Waals surface area contributed by atoms with Gasteiger partial charge in [0.15, 0.2) is 0 Å². The number of hydrogen-bond acceptors (Lipinski definition) is 12. The number of hydrogen-bond donors (Lipinski definition) is 6. The minimum absolute atomic E-state index is 0.00809. The van der Waals surface area contributed by atoms with Crippen molar-refractivity contribution in [2.24, 2.45) is 18.0 Å². The first-order valence-corrected chi connectivity index (χ1v) is 19.4. The van der Waals surface area contributed by atoms with Gasteiger partial charge < -0.3 is 31.2 Å². The number of benzene rings is 1. The molecule has 0 spiro atoms. The van der Waals surface area contributed by atoms with Gasteiger partial charge in [-0.25, -0.2) is 18.6 Å². The molecule has 58 heavy (non-hydrogen) atoms. The van der Waals surface area contributed by atoms with Gasteiger partial charge in [0.2, 0.25) is 11.8 Å². The fourth-order valence-electron chi connectivity index (χ4n) is 7.72. The summed E-state index contributed by atoms with van der Waals surface area (Å²) >= 11 is 0. The second-order valence-electron chi connectivity index (χ2n) is 15.1. The van der Waals surface area contributed by atoms with Crippen molar-refractivity contribution in [1.29, 1.82) is 10.8 Å². The molecular formula is C40H50F2N12O4. The molecule has 0 bridgehead atoms. The molecule has 3 amide bonds. The molecule has 2 aromatic rings. The van der Waals surface area contributed by atoms with E-state index < -0.39 is 30.0 Å². The van der Waals surface area contributed by atoms with Gasteiger partial charge in [0.1, 0.15) is 23.4 Å². The van der Waals surface area contributed by atoms with Crippen molar-refractivity contribution in [1.82, 2.24) is 45.1 Å². The number of allylic oxidation sites excluding steroid dienone is 1. The van der Waals surface area contributed by atoms with Crippen LogP contribution in [-0.2, 0) is 21.4 Å². The quantitative estimate of drug-likeness (QED) is 0.0848.